The zero-order valence-electron chi connectivity index (χ0n) is 15.4. The average molecular weight is 498 g/mol. The van der Waals surface area contributed by atoms with Gasteiger partial charge < -0.3 is 24.8 Å². The van der Waals surface area contributed by atoms with Crippen molar-refractivity contribution >= 4 is 41.5 Å². The van der Waals surface area contributed by atoms with Gasteiger partial charge in [0, 0.05) is 31.8 Å². The molecule has 0 saturated carbocycles. The van der Waals surface area contributed by atoms with Gasteiger partial charge in [-0.15, -0.1) is 24.0 Å². The van der Waals surface area contributed by atoms with Crippen LogP contribution in [-0.2, 0) is 15.9 Å². The zero-order chi connectivity index (χ0) is 17.9. The fraction of sp³-hybridized carbons (Fsp3) is 0.611. The number of rotatable bonds is 9. The molecular weight excluding hydrogens is 469 g/mol. The molecule has 1 atom stereocenters. The molecule has 0 spiro atoms. The maximum atomic E-state index is 6.25. The van der Waals surface area contributed by atoms with E-state index in [4.69, 9.17) is 25.8 Å². The molecule has 1 aromatic carbocycles. The molecule has 1 unspecified atom stereocenters. The molecule has 1 heterocycles. The molecule has 1 aliphatic rings. The molecule has 0 radical (unpaired) electrons. The summed E-state index contributed by atoms with van der Waals surface area (Å²) in [4.78, 5) is 4.21. The van der Waals surface area contributed by atoms with E-state index < -0.39 is 0 Å². The number of halogens is 2. The number of nitrogens with one attached hydrogen (secondary N) is 2. The molecule has 0 aromatic heterocycles. The van der Waals surface area contributed by atoms with Crippen LogP contribution in [0.5, 0.6) is 5.75 Å². The lowest BCUT2D eigenvalue weighted by Crippen LogP contribution is -2.40. The van der Waals surface area contributed by atoms with Crippen LogP contribution in [0, 0.1) is 0 Å². The highest BCUT2D eigenvalue weighted by molar-refractivity contribution is 14.0. The fourth-order valence-electron chi connectivity index (χ4n) is 2.63. The SMILES string of the molecule is CN=C(NCCOCC1CCCO1)NCCc1ccc(OC)cc1Cl.I. The van der Waals surface area contributed by atoms with Crippen molar-refractivity contribution in [2.24, 2.45) is 4.99 Å². The van der Waals surface area contributed by atoms with Crippen LogP contribution in [0.25, 0.3) is 0 Å². The van der Waals surface area contributed by atoms with Crippen molar-refractivity contribution in [2.45, 2.75) is 25.4 Å². The van der Waals surface area contributed by atoms with Gasteiger partial charge in [-0.2, -0.15) is 0 Å². The maximum absolute atomic E-state index is 6.25. The molecule has 2 N–H and O–H groups in total. The number of hydrogen-bond donors (Lipinski definition) is 2. The first-order valence-electron chi connectivity index (χ1n) is 8.69. The van der Waals surface area contributed by atoms with Crippen molar-refractivity contribution < 1.29 is 14.2 Å². The Bertz CT molecular complexity index is 554. The van der Waals surface area contributed by atoms with E-state index in [-0.39, 0.29) is 30.1 Å². The summed E-state index contributed by atoms with van der Waals surface area (Å²) in [7, 11) is 3.38. The summed E-state index contributed by atoms with van der Waals surface area (Å²) < 4.78 is 16.3. The Morgan fingerprint density at radius 2 is 2.15 bits per heavy atom. The second-order valence-corrected chi connectivity index (χ2v) is 6.25. The van der Waals surface area contributed by atoms with Crippen LogP contribution in [0.4, 0.5) is 0 Å². The molecule has 1 aromatic rings. The molecule has 2 rings (SSSR count). The van der Waals surface area contributed by atoms with Gasteiger partial charge in [0.15, 0.2) is 5.96 Å². The fourth-order valence-corrected chi connectivity index (χ4v) is 2.89. The van der Waals surface area contributed by atoms with Gasteiger partial charge in [-0.1, -0.05) is 17.7 Å². The number of guanidine groups is 1. The van der Waals surface area contributed by atoms with E-state index in [9.17, 15) is 0 Å². The van der Waals surface area contributed by atoms with Gasteiger partial charge in [0.25, 0.3) is 0 Å². The van der Waals surface area contributed by atoms with Crippen LogP contribution in [-0.4, -0.2) is 59.1 Å². The first-order valence-corrected chi connectivity index (χ1v) is 9.07. The molecule has 0 bridgehead atoms. The molecule has 1 saturated heterocycles. The largest absolute Gasteiger partial charge is 0.497 e. The minimum atomic E-state index is 0. The summed E-state index contributed by atoms with van der Waals surface area (Å²) >= 11 is 6.25. The molecular formula is C18H29ClIN3O3. The van der Waals surface area contributed by atoms with E-state index in [1.165, 1.54) is 0 Å². The van der Waals surface area contributed by atoms with Gasteiger partial charge in [-0.25, -0.2) is 0 Å². The average Bonchev–Trinajstić information content (AvgIpc) is 3.14. The van der Waals surface area contributed by atoms with Crippen molar-refractivity contribution in [1.29, 1.82) is 0 Å². The van der Waals surface area contributed by atoms with Crippen molar-refractivity contribution in [3.63, 3.8) is 0 Å². The highest BCUT2D eigenvalue weighted by Crippen LogP contribution is 2.22. The lowest BCUT2D eigenvalue weighted by Gasteiger charge is -2.14. The Labute approximate surface area is 178 Å². The number of benzene rings is 1. The molecule has 6 nitrogen and oxygen atoms in total. The number of methoxy groups -OCH3 is 1. The number of hydrogen-bond acceptors (Lipinski definition) is 4. The van der Waals surface area contributed by atoms with Crippen molar-refractivity contribution in [1.82, 2.24) is 10.6 Å². The topological polar surface area (TPSA) is 64.1 Å². The summed E-state index contributed by atoms with van der Waals surface area (Å²) in [5.74, 6) is 1.52. The number of aliphatic imine (C=N–C) groups is 1. The van der Waals surface area contributed by atoms with Gasteiger partial charge in [-0.05, 0) is 37.0 Å². The van der Waals surface area contributed by atoms with Crippen LogP contribution in [0.1, 0.15) is 18.4 Å². The van der Waals surface area contributed by atoms with Gasteiger partial charge in [0.05, 0.1) is 26.4 Å². The highest BCUT2D eigenvalue weighted by atomic mass is 127. The lowest BCUT2D eigenvalue weighted by molar-refractivity contribution is 0.0191. The normalized spacial score (nSPS) is 16.9. The third kappa shape index (κ3) is 8.28. The smallest absolute Gasteiger partial charge is 0.191 e. The predicted octanol–water partition coefficient (Wildman–Crippen LogP) is 2.87. The molecule has 26 heavy (non-hydrogen) atoms. The maximum Gasteiger partial charge on any atom is 0.191 e. The molecule has 8 heteroatoms. The Kier molecular flexibility index (Phi) is 12.0. The standard InChI is InChI=1S/C18H28ClN3O3.HI/c1-20-18(22-9-11-24-13-16-4-3-10-25-16)21-8-7-14-5-6-15(23-2)12-17(14)19;/h5-6,12,16H,3-4,7-11,13H2,1-2H3,(H2,20,21,22);1H. The van der Waals surface area contributed by atoms with Gasteiger partial charge in [0.1, 0.15) is 5.75 Å². The zero-order valence-corrected chi connectivity index (χ0v) is 18.5. The third-order valence-electron chi connectivity index (χ3n) is 4.04. The van der Waals surface area contributed by atoms with Crippen LogP contribution in [0.15, 0.2) is 23.2 Å². The van der Waals surface area contributed by atoms with E-state index in [0.717, 1.165) is 49.7 Å². The van der Waals surface area contributed by atoms with Crippen LogP contribution in [0.3, 0.4) is 0 Å². The monoisotopic (exact) mass is 497 g/mol. The Morgan fingerprint density at radius 1 is 1.35 bits per heavy atom. The van der Waals surface area contributed by atoms with E-state index in [0.29, 0.717) is 24.8 Å². The first kappa shape index (κ1) is 23.3. The minimum absolute atomic E-state index is 0. The van der Waals surface area contributed by atoms with Gasteiger partial charge in [-0.3, -0.25) is 4.99 Å². The molecule has 1 aliphatic heterocycles. The molecule has 0 aliphatic carbocycles. The first-order chi connectivity index (χ1) is 12.2. The Hall–Kier alpha value is -0.770. The van der Waals surface area contributed by atoms with Gasteiger partial charge >= 0.3 is 0 Å². The predicted molar refractivity (Wildman–Crippen MR) is 116 cm³/mol. The van der Waals surface area contributed by atoms with Crippen LogP contribution in [0.2, 0.25) is 5.02 Å². The number of ether oxygens (including phenoxy) is 3. The van der Waals surface area contributed by atoms with Crippen LogP contribution < -0.4 is 15.4 Å². The van der Waals surface area contributed by atoms with Gasteiger partial charge in [0.2, 0.25) is 0 Å². The van der Waals surface area contributed by atoms with Crippen LogP contribution >= 0.6 is 35.6 Å². The summed E-state index contributed by atoms with van der Waals surface area (Å²) in [6, 6.07) is 5.73. The Morgan fingerprint density at radius 3 is 2.81 bits per heavy atom. The molecule has 1 fully saturated rings. The van der Waals surface area contributed by atoms with E-state index in [2.05, 4.69) is 15.6 Å². The van der Waals surface area contributed by atoms with Crippen molar-refractivity contribution in [2.75, 3.05) is 47.1 Å². The van der Waals surface area contributed by atoms with E-state index in [1.807, 2.05) is 18.2 Å². The Balaban J connectivity index is 0.00000338. The molecule has 148 valence electrons. The lowest BCUT2D eigenvalue weighted by atomic mass is 10.1. The highest BCUT2D eigenvalue weighted by Gasteiger charge is 2.14. The van der Waals surface area contributed by atoms with E-state index >= 15 is 0 Å². The third-order valence-corrected chi connectivity index (χ3v) is 4.39. The van der Waals surface area contributed by atoms with E-state index in [1.54, 1.807) is 14.2 Å². The second-order valence-electron chi connectivity index (χ2n) is 5.84. The molecule has 0 amide bonds. The van der Waals surface area contributed by atoms with Crippen molar-refractivity contribution in [3.05, 3.63) is 28.8 Å². The number of nitrogens with zero attached hydrogens (tertiary/aromatic N) is 1. The van der Waals surface area contributed by atoms with Crippen molar-refractivity contribution in [3.8, 4) is 5.75 Å². The second kappa shape index (κ2) is 13.4. The minimum Gasteiger partial charge on any atom is -0.497 e. The summed E-state index contributed by atoms with van der Waals surface area (Å²) in [6.45, 7) is 3.60. The summed E-state index contributed by atoms with van der Waals surface area (Å²) in [5, 5.41) is 7.22. The quantitative estimate of drug-likeness (QED) is 0.238. The summed E-state index contributed by atoms with van der Waals surface area (Å²) in [5.41, 5.74) is 1.07. The summed E-state index contributed by atoms with van der Waals surface area (Å²) in [6.07, 6.45) is 3.32.